The molecule has 0 aliphatic carbocycles. The fraction of sp³-hybridized carbons (Fsp3) is 0.250. The molecule has 3 aromatic carbocycles. The Kier molecular flexibility index (Phi) is 7.24. The van der Waals surface area contributed by atoms with Crippen LogP contribution in [0.1, 0.15) is 34.3 Å². The van der Waals surface area contributed by atoms with Gasteiger partial charge in [0, 0.05) is 36.5 Å². The maximum Gasteiger partial charge on any atom is 0.256 e. The van der Waals surface area contributed by atoms with Gasteiger partial charge < -0.3 is 25.8 Å². The minimum atomic E-state index is -0.972. The Bertz CT molecular complexity index is 1610. The normalized spacial score (nSPS) is 21.6. The Labute approximate surface area is 237 Å². The first-order valence-corrected chi connectivity index (χ1v) is 13.9. The molecule has 1 fully saturated rings. The molecular weight excluding hydrogens is 518 g/mol. The minimum absolute atomic E-state index is 0.207. The van der Waals surface area contributed by atoms with E-state index in [1.807, 2.05) is 60.8 Å². The van der Waals surface area contributed by atoms with Gasteiger partial charge in [0.25, 0.3) is 5.91 Å². The molecule has 0 spiro atoms. The van der Waals surface area contributed by atoms with Crippen LogP contribution in [0.5, 0.6) is 0 Å². The van der Waals surface area contributed by atoms with Gasteiger partial charge in [0.05, 0.1) is 11.3 Å². The molecule has 6 rings (SSSR count). The second-order valence-electron chi connectivity index (χ2n) is 10.6. The van der Waals surface area contributed by atoms with Crippen molar-refractivity contribution in [1.82, 2.24) is 20.5 Å². The predicted molar refractivity (Wildman–Crippen MR) is 155 cm³/mol. The maximum absolute atomic E-state index is 13.8. The standard InChI is InChI=1S/C32H31N5O4/c38-29-26(17-20-9-2-1-3-10-20)36-31(40)28-15-8-16-37(28)32(41)23-12-5-7-14-25(23)34-30(39)27(35-29)18-21-19-33-24-13-6-4-11-22(21)24/h1-7,9-14,19,26-28,33H,8,15-18H2,(H,34,39)(H,35,38)(H,36,40). The summed E-state index contributed by atoms with van der Waals surface area (Å²) in [6, 6.07) is 21.3. The number of fused-ring (bicyclic) bond motifs is 3. The third kappa shape index (κ3) is 5.43. The molecule has 41 heavy (non-hydrogen) atoms. The summed E-state index contributed by atoms with van der Waals surface area (Å²) in [5.41, 5.74) is 3.29. The van der Waals surface area contributed by atoms with E-state index in [1.54, 1.807) is 29.2 Å². The van der Waals surface area contributed by atoms with E-state index in [1.165, 1.54) is 0 Å². The summed E-state index contributed by atoms with van der Waals surface area (Å²) < 4.78 is 0. The van der Waals surface area contributed by atoms with Crippen molar-refractivity contribution in [2.45, 2.75) is 43.8 Å². The zero-order chi connectivity index (χ0) is 28.3. The molecule has 208 valence electrons. The molecule has 3 unspecified atom stereocenters. The van der Waals surface area contributed by atoms with E-state index in [-0.39, 0.29) is 24.7 Å². The lowest BCUT2D eigenvalue weighted by Crippen LogP contribution is -2.56. The third-order valence-corrected chi connectivity index (χ3v) is 7.88. The molecule has 4 aromatic rings. The first-order valence-electron chi connectivity index (χ1n) is 13.9. The highest BCUT2D eigenvalue weighted by molar-refractivity contribution is 6.07. The average Bonchev–Trinajstić information content (AvgIpc) is 3.64. The van der Waals surface area contributed by atoms with Crippen LogP contribution in [0.25, 0.3) is 10.9 Å². The van der Waals surface area contributed by atoms with Crippen molar-refractivity contribution >= 4 is 40.2 Å². The van der Waals surface area contributed by atoms with Gasteiger partial charge in [-0.25, -0.2) is 0 Å². The van der Waals surface area contributed by atoms with E-state index in [0.29, 0.717) is 30.6 Å². The van der Waals surface area contributed by atoms with Gasteiger partial charge in [0.1, 0.15) is 18.1 Å². The molecule has 0 saturated carbocycles. The van der Waals surface area contributed by atoms with Crippen LogP contribution in [-0.2, 0) is 27.2 Å². The fourth-order valence-corrected chi connectivity index (χ4v) is 5.76. The van der Waals surface area contributed by atoms with Crippen molar-refractivity contribution in [3.8, 4) is 0 Å². The van der Waals surface area contributed by atoms with Crippen LogP contribution < -0.4 is 16.0 Å². The van der Waals surface area contributed by atoms with E-state index in [2.05, 4.69) is 20.9 Å². The molecule has 9 nitrogen and oxygen atoms in total. The average molecular weight is 550 g/mol. The topological polar surface area (TPSA) is 123 Å². The van der Waals surface area contributed by atoms with E-state index >= 15 is 0 Å². The molecule has 4 amide bonds. The number of nitrogens with zero attached hydrogens (tertiary/aromatic N) is 1. The lowest BCUT2D eigenvalue weighted by molar-refractivity contribution is -0.132. The van der Waals surface area contributed by atoms with E-state index in [9.17, 15) is 19.2 Å². The molecule has 0 radical (unpaired) electrons. The number of carbonyl (C=O) groups excluding carboxylic acids is 4. The third-order valence-electron chi connectivity index (χ3n) is 7.88. The number of rotatable bonds is 4. The molecule has 3 heterocycles. The number of aromatic amines is 1. The Morgan fingerprint density at radius 1 is 0.732 bits per heavy atom. The lowest BCUT2D eigenvalue weighted by atomic mass is 10.0. The molecule has 1 saturated heterocycles. The SMILES string of the molecule is O=C1Nc2ccccc2C(=O)N2CCCC2C(=O)NC(Cc2ccccc2)C(=O)NC1Cc1c[nH]c2ccccc12. The van der Waals surface area contributed by atoms with Gasteiger partial charge in [0.15, 0.2) is 0 Å². The Morgan fingerprint density at radius 3 is 2.29 bits per heavy atom. The summed E-state index contributed by atoms with van der Waals surface area (Å²) in [6.45, 7) is 0.415. The highest BCUT2D eigenvalue weighted by Gasteiger charge is 2.38. The predicted octanol–water partition coefficient (Wildman–Crippen LogP) is 3.18. The van der Waals surface area contributed by atoms with Crippen molar-refractivity contribution in [3.05, 3.63) is 102 Å². The minimum Gasteiger partial charge on any atom is -0.361 e. The quantitative estimate of drug-likeness (QED) is 0.312. The molecule has 2 aliphatic rings. The largest absolute Gasteiger partial charge is 0.361 e. The molecule has 9 heteroatoms. The van der Waals surface area contributed by atoms with Crippen LogP contribution in [0.2, 0.25) is 0 Å². The number of para-hydroxylation sites is 2. The van der Waals surface area contributed by atoms with Crippen LogP contribution in [0, 0.1) is 0 Å². The lowest BCUT2D eigenvalue weighted by Gasteiger charge is -2.27. The van der Waals surface area contributed by atoms with E-state index < -0.39 is 29.9 Å². The number of hydrogen-bond acceptors (Lipinski definition) is 4. The molecule has 3 atom stereocenters. The van der Waals surface area contributed by atoms with Crippen molar-refractivity contribution in [2.75, 3.05) is 11.9 Å². The van der Waals surface area contributed by atoms with Crippen LogP contribution in [0.3, 0.4) is 0 Å². The van der Waals surface area contributed by atoms with Gasteiger partial charge in [0.2, 0.25) is 17.7 Å². The van der Waals surface area contributed by atoms with E-state index in [0.717, 1.165) is 22.0 Å². The number of aromatic nitrogens is 1. The van der Waals surface area contributed by atoms with Crippen molar-refractivity contribution in [1.29, 1.82) is 0 Å². The Balaban J connectivity index is 1.39. The second kappa shape index (κ2) is 11.3. The molecule has 0 bridgehead atoms. The summed E-state index contributed by atoms with van der Waals surface area (Å²) in [7, 11) is 0. The summed E-state index contributed by atoms with van der Waals surface area (Å²) >= 11 is 0. The highest BCUT2D eigenvalue weighted by Crippen LogP contribution is 2.26. The summed E-state index contributed by atoms with van der Waals surface area (Å²) in [4.78, 5) is 59.7. The van der Waals surface area contributed by atoms with Gasteiger partial charge in [-0.2, -0.15) is 0 Å². The highest BCUT2D eigenvalue weighted by atomic mass is 16.2. The first kappa shape index (κ1) is 26.3. The van der Waals surface area contributed by atoms with Gasteiger partial charge in [-0.3, -0.25) is 19.2 Å². The number of amides is 4. The number of nitrogens with one attached hydrogen (secondary N) is 4. The van der Waals surface area contributed by atoms with Gasteiger partial charge in [-0.15, -0.1) is 0 Å². The summed E-state index contributed by atoms with van der Waals surface area (Å²) in [6.07, 6.45) is 3.44. The smallest absolute Gasteiger partial charge is 0.256 e. The van der Waals surface area contributed by atoms with Crippen LogP contribution in [0.15, 0.2) is 85.1 Å². The van der Waals surface area contributed by atoms with Gasteiger partial charge >= 0.3 is 0 Å². The zero-order valence-corrected chi connectivity index (χ0v) is 22.4. The van der Waals surface area contributed by atoms with Crippen molar-refractivity contribution in [2.24, 2.45) is 0 Å². The van der Waals surface area contributed by atoms with Crippen LogP contribution >= 0.6 is 0 Å². The van der Waals surface area contributed by atoms with Gasteiger partial charge in [-0.1, -0.05) is 60.7 Å². The number of anilines is 1. The summed E-state index contributed by atoms with van der Waals surface area (Å²) in [5, 5.41) is 9.68. The Morgan fingerprint density at radius 2 is 1.44 bits per heavy atom. The molecule has 1 aromatic heterocycles. The second-order valence-corrected chi connectivity index (χ2v) is 10.6. The van der Waals surface area contributed by atoms with Crippen molar-refractivity contribution < 1.29 is 19.2 Å². The van der Waals surface area contributed by atoms with Crippen molar-refractivity contribution in [3.63, 3.8) is 0 Å². The fourth-order valence-electron chi connectivity index (χ4n) is 5.76. The number of carbonyl (C=O) groups is 4. The number of H-pyrrole nitrogens is 1. The first-order chi connectivity index (χ1) is 20.0. The van der Waals surface area contributed by atoms with Gasteiger partial charge in [-0.05, 0) is 42.2 Å². The monoisotopic (exact) mass is 549 g/mol. The summed E-state index contributed by atoms with van der Waals surface area (Å²) in [5.74, 6) is -1.63. The molecule has 2 aliphatic heterocycles. The molecular formula is C32H31N5O4. The molecule has 4 N–H and O–H groups in total. The van der Waals surface area contributed by atoms with E-state index in [4.69, 9.17) is 0 Å². The van der Waals surface area contributed by atoms with Crippen LogP contribution in [0.4, 0.5) is 5.69 Å². The number of hydrogen-bond donors (Lipinski definition) is 4. The van der Waals surface area contributed by atoms with Crippen LogP contribution in [-0.4, -0.2) is 58.2 Å². The maximum atomic E-state index is 13.8. The Hall–Kier alpha value is -4.92. The number of benzene rings is 3. The zero-order valence-electron chi connectivity index (χ0n) is 22.4.